The lowest BCUT2D eigenvalue weighted by Gasteiger charge is -2.27. The van der Waals surface area contributed by atoms with E-state index >= 15 is 0 Å². The Balaban J connectivity index is 1.58. The lowest BCUT2D eigenvalue weighted by molar-refractivity contribution is -0.00958. The van der Waals surface area contributed by atoms with Crippen LogP contribution in [0, 0.1) is 11.7 Å². The van der Waals surface area contributed by atoms with Crippen LogP contribution in [0.1, 0.15) is 37.5 Å². The Labute approximate surface area is 133 Å². The van der Waals surface area contributed by atoms with Crippen molar-refractivity contribution in [3.63, 3.8) is 0 Å². The fourth-order valence-corrected chi connectivity index (χ4v) is 3.70. The Morgan fingerprint density at radius 3 is 2.83 bits per heavy atom. The normalized spacial score (nSPS) is 27.7. The molecular formula is C17H19FN2O3. The van der Waals surface area contributed by atoms with Gasteiger partial charge in [0, 0.05) is 18.4 Å². The van der Waals surface area contributed by atoms with E-state index in [-0.39, 0.29) is 16.8 Å². The molecular weight excluding hydrogens is 299 g/mol. The Bertz CT molecular complexity index is 758. The zero-order valence-electron chi connectivity index (χ0n) is 13.4. The minimum Gasteiger partial charge on any atom is -0.497 e. The summed E-state index contributed by atoms with van der Waals surface area (Å²) in [5.74, 6) is 1.72. The minimum absolute atomic E-state index is 0.170. The second-order valence-corrected chi connectivity index (χ2v) is 6.84. The van der Waals surface area contributed by atoms with E-state index < -0.39 is 0 Å². The van der Waals surface area contributed by atoms with E-state index in [9.17, 15) is 4.39 Å². The first-order valence-corrected chi connectivity index (χ1v) is 7.76. The number of halogens is 1. The van der Waals surface area contributed by atoms with Crippen molar-refractivity contribution in [3.8, 4) is 5.75 Å². The molecule has 0 spiro atoms. The Morgan fingerprint density at radius 2 is 2.22 bits per heavy atom. The topological polar surface area (TPSA) is 57.4 Å². The summed E-state index contributed by atoms with van der Waals surface area (Å²) in [5.41, 5.74) is 0.0497. The molecule has 0 radical (unpaired) electrons. The number of benzene rings is 1. The molecule has 2 atom stereocenters. The van der Waals surface area contributed by atoms with Gasteiger partial charge < -0.3 is 14.0 Å². The molecule has 6 heteroatoms. The van der Waals surface area contributed by atoms with Gasteiger partial charge in [0.05, 0.1) is 24.7 Å². The molecule has 2 aromatic rings. The van der Waals surface area contributed by atoms with Crippen LogP contribution in [0.3, 0.4) is 0 Å². The summed E-state index contributed by atoms with van der Waals surface area (Å²) in [6, 6.07) is 4.77. The SMILES string of the molecule is COc1ccc(Cc2noc(C34CC3COC4(C)C)n2)c(F)c1. The van der Waals surface area contributed by atoms with Gasteiger partial charge in [0.1, 0.15) is 11.6 Å². The molecule has 1 saturated heterocycles. The second-order valence-electron chi connectivity index (χ2n) is 6.84. The molecule has 23 heavy (non-hydrogen) atoms. The van der Waals surface area contributed by atoms with Gasteiger partial charge in [-0.3, -0.25) is 0 Å². The summed E-state index contributed by atoms with van der Waals surface area (Å²) >= 11 is 0. The quantitative estimate of drug-likeness (QED) is 0.867. The molecule has 2 unspecified atom stereocenters. The molecule has 1 aliphatic carbocycles. The molecule has 1 aromatic carbocycles. The third-order valence-electron chi connectivity index (χ3n) is 5.28. The summed E-state index contributed by atoms with van der Waals surface area (Å²) in [6.45, 7) is 4.86. The first-order valence-electron chi connectivity index (χ1n) is 7.76. The van der Waals surface area contributed by atoms with E-state index in [0.717, 1.165) is 13.0 Å². The summed E-state index contributed by atoms with van der Waals surface area (Å²) < 4.78 is 30.4. The average molecular weight is 318 g/mol. The molecule has 5 nitrogen and oxygen atoms in total. The van der Waals surface area contributed by atoms with E-state index in [0.29, 0.717) is 35.4 Å². The number of fused-ring (bicyclic) bond motifs is 1. The van der Waals surface area contributed by atoms with Gasteiger partial charge in [-0.25, -0.2) is 4.39 Å². The third-order valence-corrected chi connectivity index (χ3v) is 5.28. The number of aromatic nitrogens is 2. The van der Waals surface area contributed by atoms with Gasteiger partial charge in [-0.1, -0.05) is 11.2 Å². The van der Waals surface area contributed by atoms with Crippen molar-refractivity contribution in [1.29, 1.82) is 0 Å². The fourth-order valence-electron chi connectivity index (χ4n) is 3.70. The maximum atomic E-state index is 14.1. The summed E-state index contributed by atoms with van der Waals surface area (Å²) in [5, 5.41) is 4.04. The Kier molecular flexibility index (Phi) is 3.04. The van der Waals surface area contributed by atoms with Crippen LogP contribution < -0.4 is 4.74 Å². The molecule has 2 aliphatic rings. The molecule has 2 fully saturated rings. The Morgan fingerprint density at radius 1 is 1.39 bits per heavy atom. The monoisotopic (exact) mass is 318 g/mol. The molecule has 1 aliphatic heterocycles. The van der Waals surface area contributed by atoms with Crippen LogP contribution >= 0.6 is 0 Å². The Hall–Kier alpha value is -1.95. The molecule has 0 N–H and O–H groups in total. The van der Waals surface area contributed by atoms with Gasteiger partial charge in [0.15, 0.2) is 5.82 Å². The highest BCUT2D eigenvalue weighted by atomic mass is 19.1. The van der Waals surface area contributed by atoms with E-state index in [2.05, 4.69) is 24.0 Å². The standard InChI is InChI=1S/C17H19FN2O3/c1-16(2)17(8-11(17)9-22-16)15-19-14(20-23-15)6-10-4-5-12(21-3)7-13(10)18/h4-5,7,11H,6,8-9H2,1-3H3. The number of hydrogen-bond donors (Lipinski definition) is 0. The number of rotatable bonds is 4. The van der Waals surface area contributed by atoms with E-state index in [1.54, 1.807) is 12.1 Å². The van der Waals surface area contributed by atoms with Gasteiger partial charge >= 0.3 is 0 Å². The maximum Gasteiger partial charge on any atom is 0.236 e. The van der Waals surface area contributed by atoms with Gasteiger partial charge in [-0.05, 0) is 31.9 Å². The number of methoxy groups -OCH3 is 1. The van der Waals surface area contributed by atoms with Crippen molar-refractivity contribution in [2.75, 3.05) is 13.7 Å². The first kappa shape index (κ1) is 14.6. The van der Waals surface area contributed by atoms with Crippen molar-refractivity contribution in [2.24, 2.45) is 5.92 Å². The lowest BCUT2D eigenvalue weighted by atomic mass is 9.87. The molecule has 2 heterocycles. The van der Waals surface area contributed by atoms with Gasteiger partial charge in [0.25, 0.3) is 0 Å². The summed E-state index contributed by atoms with van der Waals surface area (Å²) in [4.78, 5) is 4.52. The van der Waals surface area contributed by atoms with Gasteiger partial charge in [-0.15, -0.1) is 0 Å². The predicted molar refractivity (Wildman–Crippen MR) is 79.9 cm³/mol. The predicted octanol–water partition coefficient (Wildman–Crippen LogP) is 2.87. The first-order chi connectivity index (χ1) is 11.0. The second kappa shape index (κ2) is 4.77. The van der Waals surface area contributed by atoms with E-state index in [1.807, 2.05) is 0 Å². The van der Waals surface area contributed by atoms with Crippen molar-refractivity contribution in [3.05, 3.63) is 41.3 Å². The van der Waals surface area contributed by atoms with Gasteiger partial charge in [0.2, 0.25) is 5.89 Å². The molecule has 4 rings (SSSR count). The van der Waals surface area contributed by atoms with Crippen LogP contribution in [0.5, 0.6) is 5.75 Å². The molecule has 0 amide bonds. The van der Waals surface area contributed by atoms with Crippen LogP contribution in [-0.2, 0) is 16.6 Å². The zero-order chi connectivity index (χ0) is 16.2. The van der Waals surface area contributed by atoms with Crippen LogP contribution in [0.2, 0.25) is 0 Å². The molecule has 0 bridgehead atoms. The zero-order valence-corrected chi connectivity index (χ0v) is 13.4. The van der Waals surface area contributed by atoms with Gasteiger partial charge in [-0.2, -0.15) is 4.98 Å². The van der Waals surface area contributed by atoms with Crippen molar-refractivity contribution < 1.29 is 18.4 Å². The van der Waals surface area contributed by atoms with Crippen LogP contribution in [0.15, 0.2) is 22.7 Å². The minimum atomic E-state index is -0.331. The molecule has 122 valence electrons. The summed E-state index contributed by atoms with van der Waals surface area (Å²) in [7, 11) is 1.51. The van der Waals surface area contributed by atoms with E-state index in [4.69, 9.17) is 14.0 Å². The maximum absolute atomic E-state index is 14.1. The average Bonchev–Trinajstić information content (AvgIpc) is 3.00. The number of hydrogen-bond acceptors (Lipinski definition) is 5. The highest BCUT2D eigenvalue weighted by molar-refractivity contribution is 5.32. The number of nitrogens with zero attached hydrogens (tertiary/aromatic N) is 2. The largest absolute Gasteiger partial charge is 0.497 e. The van der Waals surface area contributed by atoms with Crippen LogP contribution in [-0.4, -0.2) is 29.5 Å². The van der Waals surface area contributed by atoms with Crippen molar-refractivity contribution in [1.82, 2.24) is 10.1 Å². The molecule has 1 aromatic heterocycles. The third kappa shape index (κ3) is 2.08. The van der Waals surface area contributed by atoms with Crippen molar-refractivity contribution >= 4 is 0 Å². The lowest BCUT2D eigenvalue weighted by Crippen LogP contribution is -2.35. The highest BCUT2D eigenvalue weighted by Crippen LogP contribution is 2.65. The molecule has 1 saturated carbocycles. The highest BCUT2D eigenvalue weighted by Gasteiger charge is 2.72. The van der Waals surface area contributed by atoms with Crippen molar-refractivity contribution in [2.45, 2.75) is 37.7 Å². The summed E-state index contributed by atoms with van der Waals surface area (Å²) in [6.07, 6.45) is 1.31. The number of ether oxygens (including phenoxy) is 2. The van der Waals surface area contributed by atoms with Crippen LogP contribution in [0.25, 0.3) is 0 Å². The fraction of sp³-hybridized carbons (Fsp3) is 0.529. The van der Waals surface area contributed by atoms with Crippen LogP contribution in [0.4, 0.5) is 4.39 Å². The van der Waals surface area contributed by atoms with E-state index in [1.165, 1.54) is 13.2 Å². The smallest absolute Gasteiger partial charge is 0.236 e.